The zero-order valence-corrected chi connectivity index (χ0v) is 7.75. The fourth-order valence-corrected chi connectivity index (χ4v) is 1.07. The second-order valence-electron chi connectivity index (χ2n) is 1.39. The van der Waals surface area contributed by atoms with Gasteiger partial charge in [0.15, 0.2) is 11.8 Å². The largest absolute Gasteiger partial charge is 0.390 e. The highest BCUT2D eigenvalue weighted by molar-refractivity contribution is 7.06. The van der Waals surface area contributed by atoms with Gasteiger partial charge in [-0.2, -0.15) is 0 Å². The highest BCUT2D eigenvalue weighted by Gasteiger charge is 2.03. The molecule has 7 heteroatoms. The molecule has 1 heterocycles. The number of halogens is 2. The Morgan fingerprint density at radius 1 is 1.73 bits per heavy atom. The van der Waals surface area contributed by atoms with Crippen LogP contribution in [0.15, 0.2) is 5.16 Å². The average Bonchev–Trinajstić information content (AvgIpc) is 2.31. The Balaban J connectivity index is 0.000001000. The average molecular weight is 214 g/mol. The van der Waals surface area contributed by atoms with Crippen molar-refractivity contribution in [3.05, 3.63) is 10.0 Å². The van der Waals surface area contributed by atoms with Crippen molar-refractivity contribution >= 4 is 42.3 Å². The molecule has 1 aromatic heterocycles. The predicted molar refractivity (Wildman–Crippen MR) is 46.5 cm³/mol. The van der Waals surface area contributed by atoms with Gasteiger partial charge in [-0.05, 0) is 11.5 Å². The monoisotopic (exact) mass is 213 g/mol. The predicted octanol–water partition coefficient (Wildman–Crippen LogP) is 1.75. The maximum Gasteiger partial charge on any atom is 0.170 e. The molecule has 0 amide bonds. The minimum absolute atomic E-state index is 0. The molecule has 0 saturated heterocycles. The minimum atomic E-state index is 0. The molecule has 0 saturated carbocycles. The topological polar surface area (TPSA) is 47.4 Å². The van der Waals surface area contributed by atoms with Crippen molar-refractivity contribution in [2.75, 3.05) is 0 Å². The zero-order chi connectivity index (χ0) is 7.40. The van der Waals surface area contributed by atoms with Gasteiger partial charge in [0.2, 0.25) is 0 Å². The summed E-state index contributed by atoms with van der Waals surface area (Å²) in [5, 5.41) is 7.12. The molecule has 0 aliphatic carbocycles. The number of oxime groups is 1. The summed E-state index contributed by atoms with van der Waals surface area (Å²) in [6, 6.07) is 0. The first-order valence-corrected chi connectivity index (χ1v) is 3.54. The smallest absolute Gasteiger partial charge is 0.170 e. The third kappa shape index (κ3) is 3.00. The van der Waals surface area contributed by atoms with Gasteiger partial charge in [-0.1, -0.05) is 16.1 Å². The van der Waals surface area contributed by atoms with Crippen LogP contribution in [0.25, 0.3) is 0 Å². The molecule has 0 spiro atoms. The molecule has 0 aliphatic rings. The van der Waals surface area contributed by atoms with Gasteiger partial charge in [-0.3, -0.25) is 0 Å². The van der Waals surface area contributed by atoms with Crippen LogP contribution in [0, 0.1) is 0 Å². The summed E-state index contributed by atoms with van der Waals surface area (Å²) in [6.07, 6.45) is 0. The zero-order valence-electron chi connectivity index (χ0n) is 5.36. The Bertz CT molecular complexity index is 229. The molecule has 0 fully saturated rings. The van der Waals surface area contributed by atoms with Gasteiger partial charge >= 0.3 is 0 Å². The Kier molecular flexibility index (Phi) is 5.10. The fraction of sp³-hybridized carbons (Fsp3) is 0.250. The minimum Gasteiger partial charge on any atom is -0.390 e. The number of hydrogen-bond donors (Lipinski definition) is 0. The molecule has 0 radical (unpaired) electrons. The SMILES string of the molecule is C=NOCc1snnc1Cl.Cl. The molecule has 0 atom stereocenters. The molecule has 4 nitrogen and oxygen atoms in total. The summed E-state index contributed by atoms with van der Waals surface area (Å²) in [6.45, 7) is 3.43. The molecule has 62 valence electrons. The second kappa shape index (κ2) is 5.29. The first kappa shape index (κ1) is 10.6. The summed E-state index contributed by atoms with van der Waals surface area (Å²) in [5.41, 5.74) is 0. The Labute approximate surface area is 78.8 Å². The van der Waals surface area contributed by atoms with E-state index in [0.717, 1.165) is 4.88 Å². The van der Waals surface area contributed by atoms with Crippen molar-refractivity contribution < 1.29 is 4.84 Å². The summed E-state index contributed by atoms with van der Waals surface area (Å²) < 4.78 is 3.59. The van der Waals surface area contributed by atoms with Crippen LogP contribution in [0.1, 0.15) is 4.88 Å². The molecule has 0 N–H and O–H groups in total. The molecule has 0 bridgehead atoms. The van der Waals surface area contributed by atoms with Gasteiger partial charge in [0, 0.05) is 6.72 Å². The third-order valence-electron chi connectivity index (χ3n) is 0.797. The Morgan fingerprint density at radius 3 is 2.91 bits per heavy atom. The van der Waals surface area contributed by atoms with E-state index in [9.17, 15) is 0 Å². The first-order chi connectivity index (χ1) is 4.84. The lowest BCUT2D eigenvalue weighted by atomic mass is 10.6. The van der Waals surface area contributed by atoms with E-state index in [2.05, 4.69) is 26.3 Å². The van der Waals surface area contributed by atoms with Crippen LogP contribution in [0.2, 0.25) is 5.15 Å². The second-order valence-corrected chi connectivity index (χ2v) is 2.59. The van der Waals surface area contributed by atoms with E-state index in [1.165, 1.54) is 11.5 Å². The standard InChI is InChI=1S/C4H4ClN3OS.ClH/c1-6-9-2-3-4(5)7-8-10-3;/h1-2H2;1H. The van der Waals surface area contributed by atoms with Crippen LogP contribution in [0.3, 0.4) is 0 Å². The van der Waals surface area contributed by atoms with Crippen LogP contribution in [-0.2, 0) is 11.4 Å². The van der Waals surface area contributed by atoms with Crippen LogP contribution in [0.4, 0.5) is 0 Å². The number of hydrogen-bond acceptors (Lipinski definition) is 5. The van der Waals surface area contributed by atoms with Gasteiger partial charge in [0.1, 0.15) is 4.88 Å². The summed E-state index contributed by atoms with van der Waals surface area (Å²) in [5.74, 6) is 0. The van der Waals surface area contributed by atoms with E-state index in [1.807, 2.05) is 0 Å². The quantitative estimate of drug-likeness (QED) is 0.568. The summed E-state index contributed by atoms with van der Waals surface area (Å²) >= 11 is 6.75. The van der Waals surface area contributed by atoms with Gasteiger partial charge in [0.25, 0.3) is 0 Å². The molecular formula is C4H5Cl2N3OS. The number of aromatic nitrogens is 2. The van der Waals surface area contributed by atoms with Crippen molar-refractivity contribution in [3.8, 4) is 0 Å². The fourth-order valence-electron chi connectivity index (χ4n) is 0.389. The van der Waals surface area contributed by atoms with E-state index >= 15 is 0 Å². The lowest BCUT2D eigenvalue weighted by molar-refractivity contribution is 0.135. The van der Waals surface area contributed by atoms with E-state index in [1.54, 1.807) is 0 Å². The molecular weight excluding hydrogens is 209 g/mol. The Morgan fingerprint density at radius 2 is 2.45 bits per heavy atom. The maximum atomic E-state index is 5.57. The number of nitrogens with zero attached hydrogens (tertiary/aromatic N) is 3. The maximum absolute atomic E-state index is 5.57. The van der Waals surface area contributed by atoms with E-state index < -0.39 is 0 Å². The molecule has 1 aromatic rings. The molecule has 1 rings (SSSR count). The lowest BCUT2D eigenvalue weighted by Crippen LogP contribution is -1.81. The van der Waals surface area contributed by atoms with Gasteiger partial charge < -0.3 is 4.84 Å². The van der Waals surface area contributed by atoms with Crippen LogP contribution in [-0.4, -0.2) is 16.3 Å². The normalized spacial score (nSPS) is 8.45. The molecule has 0 unspecified atom stereocenters. The lowest BCUT2D eigenvalue weighted by Gasteiger charge is -1.91. The first-order valence-electron chi connectivity index (χ1n) is 2.39. The van der Waals surface area contributed by atoms with Crippen LogP contribution in [0.5, 0.6) is 0 Å². The molecule has 0 aliphatic heterocycles. The van der Waals surface area contributed by atoms with E-state index in [4.69, 9.17) is 11.6 Å². The van der Waals surface area contributed by atoms with Crippen molar-refractivity contribution in [3.63, 3.8) is 0 Å². The third-order valence-corrected chi connectivity index (χ3v) is 1.91. The van der Waals surface area contributed by atoms with Crippen molar-refractivity contribution in [2.45, 2.75) is 6.61 Å². The van der Waals surface area contributed by atoms with E-state index in [0.29, 0.717) is 11.8 Å². The van der Waals surface area contributed by atoms with Gasteiger partial charge in [-0.25, -0.2) is 0 Å². The molecule has 11 heavy (non-hydrogen) atoms. The summed E-state index contributed by atoms with van der Waals surface area (Å²) in [7, 11) is 0. The number of rotatable bonds is 3. The molecule has 0 aromatic carbocycles. The highest BCUT2D eigenvalue weighted by atomic mass is 35.5. The van der Waals surface area contributed by atoms with Gasteiger partial charge in [-0.15, -0.1) is 22.7 Å². The van der Waals surface area contributed by atoms with Crippen molar-refractivity contribution in [1.29, 1.82) is 0 Å². The summed E-state index contributed by atoms with van der Waals surface area (Å²) in [4.78, 5) is 5.38. The Hall–Kier alpha value is -0.390. The van der Waals surface area contributed by atoms with Crippen molar-refractivity contribution in [1.82, 2.24) is 9.59 Å². The van der Waals surface area contributed by atoms with Crippen LogP contribution >= 0.6 is 35.5 Å². The van der Waals surface area contributed by atoms with E-state index in [-0.39, 0.29) is 12.4 Å². The van der Waals surface area contributed by atoms with Crippen LogP contribution < -0.4 is 0 Å². The highest BCUT2D eigenvalue weighted by Crippen LogP contribution is 2.16. The van der Waals surface area contributed by atoms with Crippen molar-refractivity contribution in [2.24, 2.45) is 5.16 Å². The van der Waals surface area contributed by atoms with Gasteiger partial charge in [0.05, 0.1) is 0 Å².